The van der Waals surface area contributed by atoms with Gasteiger partial charge in [-0.2, -0.15) is 5.26 Å². The van der Waals surface area contributed by atoms with Crippen LogP contribution >= 0.6 is 0 Å². The molecule has 0 saturated carbocycles. The highest BCUT2D eigenvalue weighted by Gasteiger charge is 2.41. The molecule has 0 N–H and O–H groups in total. The van der Waals surface area contributed by atoms with Gasteiger partial charge in [0, 0.05) is 10.8 Å². The van der Waals surface area contributed by atoms with Gasteiger partial charge in [0.2, 0.25) is 0 Å². The van der Waals surface area contributed by atoms with E-state index < -0.39 is 8.07 Å². The summed E-state index contributed by atoms with van der Waals surface area (Å²) in [5.74, 6) is 0. The van der Waals surface area contributed by atoms with Gasteiger partial charge in [0.15, 0.2) is 13.8 Å². The minimum atomic E-state index is -2.68. The smallest absolute Gasteiger partial charge is 0.197 e. The van der Waals surface area contributed by atoms with Gasteiger partial charge in [-0.3, -0.25) is 0 Å². The lowest BCUT2D eigenvalue weighted by atomic mass is 9.99. The number of nitriles is 1. The second kappa shape index (κ2) is 12.0. The Hall–Kier alpha value is -6.46. The lowest BCUT2D eigenvalue weighted by Crippen LogP contribution is -2.74. The molecule has 224 valence electrons. The van der Waals surface area contributed by atoms with Crippen molar-refractivity contribution in [3.05, 3.63) is 193 Å². The van der Waals surface area contributed by atoms with Gasteiger partial charge in [0.1, 0.15) is 6.07 Å². The number of hydrogen-bond acceptors (Lipinski definition) is 1. The molecule has 0 saturated heterocycles. The van der Waals surface area contributed by atoms with Crippen LogP contribution in [0.5, 0.6) is 0 Å². The summed E-state index contributed by atoms with van der Waals surface area (Å²) in [5, 5.41) is 17.9. The van der Waals surface area contributed by atoms with Gasteiger partial charge in [-0.25, -0.2) is 4.85 Å². The molecule has 0 aliphatic carbocycles. The van der Waals surface area contributed by atoms with Gasteiger partial charge in [-0.15, -0.1) is 0 Å². The van der Waals surface area contributed by atoms with E-state index in [1.54, 1.807) is 0 Å². The molecule has 0 spiro atoms. The first-order valence-electron chi connectivity index (χ1n) is 16.0. The van der Waals surface area contributed by atoms with Crippen LogP contribution in [-0.2, 0) is 0 Å². The first-order valence-corrected chi connectivity index (χ1v) is 18.0. The van der Waals surface area contributed by atoms with Crippen molar-refractivity contribution >= 4 is 56.3 Å². The van der Waals surface area contributed by atoms with Crippen molar-refractivity contribution in [3.63, 3.8) is 0 Å². The van der Waals surface area contributed by atoms with Crippen LogP contribution in [0.3, 0.4) is 0 Å². The van der Waals surface area contributed by atoms with E-state index in [9.17, 15) is 5.26 Å². The van der Waals surface area contributed by atoms with Gasteiger partial charge in [0.25, 0.3) is 0 Å². The maximum absolute atomic E-state index is 10.5. The quantitative estimate of drug-likeness (QED) is 0.104. The molecule has 8 rings (SSSR count). The van der Waals surface area contributed by atoms with Gasteiger partial charge in [-0.05, 0) is 56.1 Å². The lowest BCUT2D eigenvalue weighted by Gasteiger charge is -2.34. The Morgan fingerprint density at radius 1 is 0.521 bits per heavy atom. The minimum Gasteiger partial charge on any atom is -0.309 e. The van der Waals surface area contributed by atoms with E-state index in [1.165, 1.54) is 20.7 Å². The number of hydrogen-bond donors (Lipinski definition) is 0. The molecule has 4 heteroatoms. The molecule has 0 fully saturated rings. The Balaban J connectivity index is 1.32. The third-order valence-corrected chi connectivity index (χ3v) is 14.2. The molecular formula is C44H29N3Si. The summed E-state index contributed by atoms with van der Waals surface area (Å²) in [7, 11) is -2.68. The third kappa shape index (κ3) is 4.55. The summed E-state index contributed by atoms with van der Waals surface area (Å²) in [5.41, 5.74) is 5.42. The highest BCUT2D eigenvalue weighted by atomic mass is 28.3. The van der Waals surface area contributed by atoms with Crippen LogP contribution in [0.25, 0.3) is 43.5 Å². The zero-order valence-corrected chi connectivity index (χ0v) is 27.1. The van der Waals surface area contributed by atoms with Crippen molar-refractivity contribution in [2.75, 3.05) is 0 Å². The fourth-order valence-corrected chi connectivity index (χ4v) is 12.1. The molecule has 7 aromatic carbocycles. The normalized spacial score (nSPS) is 11.3. The zero-order valence-electron chi connectivity index (χ0n) is 26.1. The van der Waals surface area contributed by atoms with E-state index in [0.29, 0.717) is 16.9 Å². The van der Waals surface area contributed by atoms with Crippen LogP contribution in [-0.4, -0.2) is 12.6 Å². The molecule has 0 aliphatic heterocycles. The Labute approximate surface area is 281 Å². The summed E-state index contributed by atoms with van der Waals surface area (Å²) in [6.07, 6.45) is 0. The van der Waals surface area contributed by atoms with Crippen LogP contribution in [0, 0.1) is 17.9 Å². The van der Waals surface area contributed by atoms with Gasteiger partial charge >= 0.3 is 0 Å². The van der Waals surface area contributed by atoms with Crippen LogP contribution in [0.4, 0.5) is 5.69 Å². The first kappa shape index (κ1) is 29.0. The van der Waals surface area contributed by atoms with E-state index in [1.807, 2.05) is 36.4 Å². The van der Waals surface area contributed by atoms with Crippen LogP contribution in [0.15, 0.2) is 176 Å². The molecule has 0 radical (unpaired) electrons. The molecule has 8 aromatic rings. The Morgan fingerprint density at radius 3 is 1.42 bits per heavy atom. The maximum atomic E-state index is 10.5. The van der Waals surface area contributed by atoms with E-state index in [0.717, 1.165) is 32.9 Å². The number of rotatable bonds is 6. The van der Waals surface area contributed by atoms with Crippen molar-refractivity contribution in [1.29, 1.82) is 5.26 Å². The fourth-order valence-electron chi connectivity index (χ4n) is 7.32. The standard InChI is InChI=1S/C44H29N3Si/c1-46-41-30-44(47-42-23-13-11-21-38(42)39-22-12-14-24-43(39)47)33(31-45)29-40(41)32-25-27-37(28-26-32)48(34-15-5-2-6-16-34,35-17-7-3-8-18-35)36-19-9-4-10-20-36/h2-30H. The molecule has 3 nitrogen and oxygen atoms in total. The van der Waals surface area contributed by atoms with Gasteiger partial charge < -0.3 is 4.57 Å². The van der Waals surface area contributed by atoms with E-state index in [2.05, 4.69) is 155 Å². The van der Waals surface area contributed by atoms with Crippen LogP contribution in [0.2, 0.25) is 0 Å². The van der Waals surface area contributed by atoms with E-state index in [-0.39, 0.29) is 0 Å². The summed E-state index contributed by atoms with van der Waals surface area (Å²) in [6, 6.07) is 63.9. The predicted molar refractivity (Wildman–Crippen MR) is 201 cm³/mol. The fraction of sp³-hybridized carbons (Fsp3) is 0. The Morgan fingerprint density at radius 2 is 0.958 bits per heavy atom. The molecule has 1 heterocycles. The van der Waals surface area contributed by atoms with Crippen molar-refractivity contribution in [3.8, 4) is 22.9 Å². The summed E-state index contributed by atoms with van der Waals surface area (Å²) in [4.78, 5) is 4.00. The second-order valence-corrected chi connectivity index (χ2v) is 15.7. The van der Waals surface area contributed by atoms with Crippen LogP contribution in [0.1, 0.15) is 5.56 Å². The predicted octanol–water partition coefficient (Wildman–Crippen LogP) is 8.25. The monoisotopic (exact) mass is 627 g/mol. The lowest BCUT2D eigenvalue weighted by molar-refractivity contribution is 1.17. The average Bonchev–Trinajstić information content (AvgIpc) is 3.50. The van der Waals surface area contributed by atoms with Gasteiger partial charge in [-0.1, -0.05) is 152 Å². The number of benzene rings is 7. The second-order valence-electron chi connectivity index (χ2n) is 11.9. The van der Waals surface area contributed by atoms with Crippen LogP contribution < -0.4 is 20.7 Å². The summed E-state index contributed by atoms with van der Waals surface area (Å²) < 4.78 is 2.12. The molecule has 0 amide bonds. The summed E-state index contributed by atoms with van der Waals surface area (Å²) >= 11 is 0. The van der Waals surface area contributed by atoms with E-state index in [4.69, 9.17) is 6.57 Å². The molecule has 0 aliphatic rings. The molecule has 0 unspecified atom stereocenters. The maximum Gasteiger partial charge on any atom is 0.197 e. The van der Waals surface area contributed by atoms with E-state index >= 15 is 0 Å². The molecule has 1 aromatic heterocycles. The SMILES string of the molecule is [C-]#[N+]c1cc(-n2c3ccccc3c3ccccc32)c(C#N)cc1-c1ccc([Si](c2ccccc2)(c2ccccc2)c2ccccc2)cc1. The molecular weight excluding hydrogens is 599 g/mol. The van der Waals surface area contributed by atoms with Gasteiger partial charge in [0.05, 0.1) is 28.9 Å². The molecule has 0 bridgehead atoms. The van der Waals surface area contributed by atoms with Crippen molar-refractivity contribution in [2.45, 2.75) is 0 Å². The zero-order chi connectivity index (χ0) is 32.5. The Bertz CT molecular complexity index is 2350. The number of para-hydroxylation sites is 2. The number of aromatic nitrogens is 1. The third-order valence-electron chi connectivity index (χ3n) is 9.43. The molecule has 0 atom stereocenters. The topological polar surface area (TPSA) is 33.1 Å². The summed E-state index contributed by atoms with van der Waals surface area (Å²) in [6.45, 7) is 8.23. The Kier molecular flexibility index (Phi) is 7.27. The molecule has 48 heavy (non-hydrogen) atoms. The highest BCUT2D eigenvalue weighted by molar-refractivity contribution is 7.19. The highest BCUT2D eigenvalue weighted by Crippen LogP contribution is 2.38. The average molecular weight is 628 g/mol. The largest absolute Gasteiger partial charge is 0.309 e. The van der Waals surface area contributed by atoms with Crippen molar-refractivity contribution in [2.24, 2.45) is 0 Å². The van der Waals surface area contributed by atoms with Crippen molar-refractivity contribution < 1.29 is 0 Å². The number of fused-ring (bicyclic) bond motifs is 3. The first-order chi connectivity index (χ1) is 23.7. The van der Waals surface area contributed by atoms with Crippen molar-refractivity contribution in [1.82, 2.24) is 4.57 Å². The minimum absolute atomic E-state index is 0.510. The number of nitrogens with zero attached hydrogens (tertiary/aromatic N) is 3.